The topological polar surface area (TPSA) is 29.5 Å². The second kappa shape index (κ2) is 4.51. The zero-order valence-electron chi connectivity index (χ0n) is 7.80. The van der Waals surface area contributed by atoms with Gasteiger partial charge in [-0.15, -0.1) is 0 Å². The molecule has 0 saturated heterocycles. The highest BCUT2D eigenvalue weighted by Gasteiger charge is 2.07. The van der Waals surface area contributed by atoms with E-state index in [-0.39, 0.29) is 5.75 Å². The van der Waals surface area contributed by atoms with E-state index in [0.29, 0.717) is 16.8 Å². The second-order valence-electron chi connectivity index (χ2n) is 2.71. The number of aryl methyl sites for hydroxylation is 1. The molecule has 0 aliphatic heterocycles. The van der Waals surface area contributed by atoms with E-state index in [1.165, 1.54) is 0 Å². The molecule has 1 rings (SSSR count). The Hall–Kier alpha value is -0.700. The Morgan fingerprint density at radius 3 is 2.62 bits per heavy atom. The third-order valence-corrected chi connectivity index (χ3v) is 2.40. The van der Waals surface area contributed by atoms with Gasteiger partial charge in [0.2, 0.25) is 0 Å². The standard InChI is InChI=1S/C10H13BrO2/c1-3-7-5-8(11)10(12)9(6-7)13-4-2/h5-6,12H,3-4H2,1-2H3. The van der Waals surface area contributed by atoms with Crippen LogP contribution < -0.4 is 4.74 Å². The van der Waals surface area contributed by atoms with Gasteiger partial charge in [-0.2, -0.15) is 0 Å². The average Bonchev–Trinajstić information content (AvgIpc) is 2.13. The van der Waals surface area contributed by atoms with Crippen LogP contribution in [0.1, 0.15) is 19.4 Å². The quantitative estimate of drug-likeness (QED) is 0.886. The Morgan fingerprint density at radius 2 is 2.08 bits per heavy atom. The molecule has 0 spiro atoms. The van der Waals surface area contributed by atoms with Crippen LogP contribution in [0.25, 0.3) is 0 Å². The van der Waals surface area contributed by atoms with E-state index in [2.05, 4.69) is 22.9 Å². The number of aromatic hydroxyl groups is 1. The minimum atomic E-state index is 0.180. The van der Waals surface area contributed by atoms with Gasteiger partial charge in [0.25, 0.3) is 0 Å². The molecule has 1 N–H and O–H groups in total. The molecule has 0 bridgehead atoms. The molecule has 0 amide bonds. The summed E-state index contributed by atoms with van der Waals surface area (Å²) in [6.45, 7) is 4.52. The third kappa shape index (κ3) is 2.37. The summed E-state index contributed by atoms with van der Waals surface area (Å²) in [7, 11) is 0. The largest absolute Gasteiger partial charge is 0.503 e. The molecule has 0 aromatic heterocycles. The highest BCUT2D eigenvalue weighted by molar-refractivity contribution is 9.10. The molecular weight excluding hydrogens is 232 g/mol. The molecule has 3 heteroatoms. The molecule has 1 aromatic carbocycles. The number of hydrogen-bond donors (Lipinski definition) is 1. The van der Waals surface area contributed by atoms with Gasteiger partial charge in [0.05, 0.1) is 11.1 Å². The average molecular weight is 245 g/mol. The maximum atomic E-state index is 9.58. The molecule has 0 saturated carbocycles. The number of halogens is 1. The van der Waals surface area contributed by atoms with Crippen LogP contribution in [0.15, 0.2) is 16.6 Å². The smallest absolute Gasteiger partial charge is 0.172 e. The number of ether oxygens (including phenoxy) is 1. The fourth-order valence-corrected chi connectivity index (χ4v) is 1.59. The SMILES string of the molecule is CCOc1cc(CC)cc(Br)c1O. The Kier molecular flexibility index (Phi) is 3.60. The molecular formula is C10H13BrO2. The zero-order valence-corrected chi connectivity index (χ0v) is 9.39. The summed E-state index contributed by atoms with van der Waals surface area (Å²) >= 11 is 3.28. The Balaban J connectivity index is 3.09. The van der Waals surface area contributed by atoms with Crippen molar-refractivity contribution < 1.29 is 9.84 Å². The predicted octanol–water partition coefficient (Wildman–Crippen LogP) is 3.12. The molecule has 72 valence electrons. The Morgan fingerprint density at radius 1 is 1.38 bits per heavy atom. The number of benzene rings is 1. The van der Waals surface area contributed by atoms with Gasteiger partial charge in [-0.3, -0.25) is 0 Å². The molecule has 0 unspecified atom stereocenters. The van der Waals surface area contributed by atoms with Crippen LogP contribution in [0.4, 0.5) is 0 Å². The zero-order chi connectivity index (χ0) is 9.84. The van der Waals surface area contributed by atoms with Crippen molar-refractivity contribution in [2.24, 2.45) is 0 Å². The monoisotopic (exact) mass is 244 g/mol. The Labute approximate surface area is 86.7 Å². The number of phenolic OH excluding ortho intramolecular Hbond substituents is 1. The van der Waals surface area contributed by atoms with Crippen molar-refractivity contribution in [3.05, 3.63) is 22.2 Å². The summed E-state index contributed by atoms with van der Waals surface area (Å²) in [5.74, 6) is 0.729. The molecule has 0 aliphatic rings. The molecule has 0 radical (unpaired) electrons. The van der Waals surface area contributed by atoms with Gasteiger partial charge in [-0.1, -0.05) is 6.92 Å². The minimum absolute atomic E-state index is 0.180. The van der Waals surface area contributed by atoms with Gasteiger partial charge in [-0.25, -0.2) is 0 Å². The number of phenols is 1. The van der Waals surface area contributed by atoms with Gasteiger partial charge in [0.15, 0.2) is 11.5 Å². The number of rotatable bonds is 3. The molecule has 2 nitrogen and oxygen atoms in total. The van der Waals surface area contributed by atoms with Crippen LogP contribution in [0.2, 0.25) is 0 Å². The maximum absolute atomic E-state index is 9.58. The van der Waals surface area contributed by atoms with Crippen molar-refractivity contribution in [2.75, 3.05) is 6.61 Å². The molecule has 1 aromatic rings. The minimum Gasteiger partial charge on any atom is -0.503 e. The van der Waals surface area contributed by atoms with Crippen LogP contribution in [-0.4, -0.2) is 11.7 Å². The third-order valence-electron chi connectivity index (χ3n) is 1.80. The number of hydrogen-bond acceptors (Lipinski definition) is 2. The van der Waals surface area contributed by atoms with E-state index in [0.717, 1.165) is 12.0 Å². The van der Waals surface area contributed by atoms with Crippen LogP contribution in [0.3, 0.4) is 0 Å². The predicted molar refractivity (Wildman–Crippen MR) is 56.4 cm³/mol. The lowest BCUT2D eigenvalue weighted by atomic mass is 10.1. The van der Waals surface area contributed by atoms with Crippen molar-refractivity contribution >= 4 is 15.9 Å². The highest BCUT2D eigenvalue weighted by atomic mass is 79.9. The summed E-state index contributed by atoms with van der Waals surface area (Å²) < 4.78 is 5.97. The molecule has 13 heavy (non-hydrogen) atoms. The van der Waals surface area contributed by atoms with Crippen molar-refractivity contribution in [1.82, 2.24) is 0 Å². The van der Waals surface area contributed by atoms with E-state index in [4.69, 9.17) is 4.74 Å². The van der Waals surface area contributed by atoms with Gasteiger partial charge in [0, 0.05) is 0 Å². The van der Waals surface area contributed by atoms with Gasteiger partial charge in [-0.05, 0) is 47.0 Å². The Bertz CT molecular complexity index is 297. The fourth-order valence-electron chi connectivity index (χ4n) is 1.10. The molecule has 0 heterocycles. The van der Waals surface area contributed by atoms with Gasteiger partial charge >= 0.3 is 0 Å². The summed E-state index contributed by atoms with van der Waals surface area (Å²) in [4.78, 5) is 0. The van der Waals surface area contributed by atoms with Crippen LogP contribution in [-0.2, 0) is 6.42 Å². The van der Waals surface area contributed by atoms with Gasteiger partial charge < -0.3 is 9.84 Å². The maximum Gasteiger partial charge on any atom is 0.172 e. The summed E-state index contributed by atoms with van der Waals surface area (Å²) in [6.07, 6.45) is 0.930. The summed E-state index contributed by atoms with van der Waals surface area (Å²) in [6, 6.07) is 3.77. The lowest BCUT2D eigenvalue weighted by Gasteiger charge is -2.09. The lowest BCUT2D eigenvalue weighted by Crippen LogP contribution is -1.93. The van der Waals surface area contributed by atoms with E-state index in [1.807, 2.05) is 19.1 Å². The van der Waals surface area contributed by atoms with Crippen LogP contribution in [0.5, 0.6) is 11.5 Å². The van der Waals surface area contributed by atoms with Crippen molar-refractivity contribution in [1.29, 1.82) is 0 Å². The van der Waals surface area contributed by atoms with E-state index in [1.54, 1.807) is 0 Å². The van der Waals surface area contributed by atoms with Crippen LogP contribution in [0, 0.1) is 0 Å². The molecule has 0 atom stereocenters. The van der Waals surface area contributed by atoms with Crippen LogP contribution >= 0.6 is 15.9 Å². The highest BCUT2D eigenvalue weighted by Crippen LogP contribution is 2.35. The second-order valence-corrected chi connectivity index (χ2v) is 3.57. The first-order chi connectivity index (χ1) is 6.19. The van der Waals surface area contributed by atoms with Crippen molar-refractivity contribution in [2.45, 2.75) is 20.3 Å². The fraction of sp³-hybridized carbons (Fsp3) is 0.400. The normalized spacial score (nSPS) is 10.1. The van der Waals surface area contributed by atoms with Crippen molar-refractivity contribution in [3.8, 4) is 11.5 Å². The first-order valence-electron chi connectivity index (χ1n) is 4.33. The van der Waals surface area contributed by atoms with E-state index < -0.39 is 0 Å². The summed E-state index contributed by atoms with van der Waals surface area (Å²) in [5, 5.41) is 9.58. The molecule has 0 aliphatic carbocycles. The summed E-state index contributed by atoms with van der Waals surface area (Å²) in [5.41, 5.74) is 1.15. The lowest BCUT2D eigenvalue weighted by molar-refractivity contribution is 0.317. The van der Waals surface area contributed by atoms with Gasteiger partial charge in [0.1, 0.15) is 0 Å². The van der Waals surface area contributed by atoms with E-state index >= 15 is 0 Å². The first-order valence-corrected chi connectivity index (χ1v) is 5.12. The van der Waals surface area contributed by atoms with Crippen molar-refractivity contribution in [3.63, 3.8) is 0 Å². The first kappa shape index (κ1) is 10.4. The van der Waals surface area contributed by atoms with E-state index in [9.17, 15) is 5.11 Å². The molecule has 0 fully saturated rings.